The molecule has 2 heterocycles. The lowest BCUT2D eigenvalue weighted by Gasteiger charge is -2.14. The van der Waals surface area contributed by atoms with Gasteiger partial charge in [-0.25, -0.2) is 14.2 Å². The van der Waals surface area contributed by atoms with Crippen molar-refractivity contribution >= 4 is 28.6 Å². The maximum Gasteiger partial charge on any atom is 0.320 e. The monoisotopic (exact) mass is 372 g/mol. The molecule has 8 nitrogen and oxygen atoms in total. The molecule has 1 unspecified atom stereocenters. The summed E-state index contributed by atoms with van der Waals surface area (Å²) in [5, 5.41) is 16.5. The van der Waals surface area contributed by atoms with Gasteiger partial charge in [-0.3, -0.25) is 10.4 Å². The number of hydrogen-bond acceptors (Lipinski definition) is 5. The van der Waals surface area contributed by atoms with Crippen LogP contribution in [0.3, 0.4) is 0 Å². The van der Waals surface area contributed by atoms with Crippen LogP contribution in [0.5, 0.6) is 0 Å². The van der Waals surface area contributed by atoms with E-state index in [2.05, 4.69) is 31.1 Å². The van der Waals surface area contributed by atoms with Crippen molar-refractivity contribution in [1.29, 1.82) is 0 Å². The van der Waals surface area contributed by atoms with Crippen LogP contribution >= 0.6 is 0 Å². The van der Waals surface area contributed by atoms with Crippen LogP contribution in [0.4, 0.5) is 20.8 Å². The van der Waals surface area contributed by atoms with Crippen molar-refractivity contribution in [2.24, 2.45) is 0 Å². The number of carbonyl (C=O) groups excluding carboxylic acids is 1. The third-order valence-electron chi connectivity index (χ3n) is 4.01. The highest BCUT2D eigenvalue weighted by Crippen LogP contribution is 2.21. The van der Waals surface area contributed by atoms with Crippen molar-refractivity contribution in [3.8, 4) is 0 Å². The maximum atomic E-state index is 13.0. The van der Waals surface area contributed by atoms with Crippen LogP contribution in [-0.4, -0.2) is 41.5 Å². The number of H-pyrrole nitrogens is 1. The highest BCUT2D eigenvalue weighted by molar-refractivity contribution is 5.94. The number of carbonyl (C=O) groups is 1. The Morgan fingerprint density at radius 1 is 1.33 bits per heavy atom. The first-order chi connectivity index (χ1) is 13.1. The third kappa shape index (κ3) is 4.70. The molecule has 3 rings (SSSR count). The summed E-state index contributed by atoms with van der Waals surface area (Å²) in [7, 11) is 1.63. The van der Waals surface area contributed by atoms with E-state index >= 15 is 0 Å². The molecule has 3 aromatic rings. The third-order valence-corrected chi connectivity index (χ3v) is 4.01. The quantitative estimate of drug-likeness (QED) is 0.477. The minimum atomic E-state index is -0.406. The lowest BCUT2D eigenvalue weighted by Crippen LogP contribution is -2.31. The highest BCUT2D eigenvalue weighted by Gasteiger charge is 2.12. The number of benzene rings is 1. The van der Waals surface area contributed by atoms with E-state index in [1.165, 1.54) is 12.1 Å². The van der Waals surface area contributed by atoms with Crippen LogP contribution in [0.2, 0.25) is 0 Å². The van der Waals surface area contributed by atoms with E-state index < -0.39 is 6.03 Å². The number of aromatic nitrogens is 3. The van der Waals surface area contributed by atoms with Crippen LogP contribution in [0.1, 0.15) is 18.5 Å². The Kier molecular flexibility index (Phi) is 5.82. The molecule has 4 N–H and O–H groups in total. The molecule has 0 saturated carbocycles. The summed E-state index contributed by atoms with van der Waals surface area (Å²) in [6.45, 7) is 3.00. The van der Waals surface area contributed by atoms with Gasteiger partial charge in [-0.1, -0.05) is 12.1 Å². The number of nitrogens with one attached hydrogen (secondary N) is 4. The first-order valence-electron chi connectivity index (χ1n) is 8.46. The molecule has 0 aliphatic carbocycles. The predicted octanol–water partition coefficient (Wildman–Crippen LogP) is 3.04. The number of rotatable bonds is 7. The first kappa shape index (κ1) is 18.6. The fourth-order valence-corrected chi connectivity index (χ4v) is 2.57. The lowest BCUT2D eigenvalue weighted by atomic mass is 10.1. The Labute approximate surface area is 155 Å². The summed E-state index contributed by atoms with van der Waals surface area (Å²) < 4.78 is 18.0. The summed E-state index contributed by atoms with van der Waals surface area (Å²) in [6, 6.07) is 7.00. The van der Waals surface area contributed by atoms with Crippen LogP contribution < -0.4 is 16.0 Å². The van der Waals surface area contributed by atoms with Gasteiger partial charge in [0.1, 0.15) is 11.6 Å². The van der Waals surface area contributed by atoms with Gasteiger partial charge in [0.2, 0.25) is 0 Å². The van der Waals surface area contributed by atoms with Crippen molar-refractivity contribution in [3.63, 3.8) is 0 Å². The zero-order valence-corrected chi connectivity index (χ0v) is 15.0. The molecule has 0 saturated heterocycles. The van der Waals surface area contributed by atoms with E-state index in [9.17, 15) is 9.18 Å². The van der Waals surface area contributed by atoms with E-state index in [-0.39, 0.29) is 11.9 Å². The van der Waals surface area contributed by atoms with Crippen molar-refractivity contribution in [1.82, 2.24) is 20.5 Å². The van der Waals surface area contributed by atoms with E-state index in [4.69, 9.17) is 4.74 Å². The summed E-state index contributed by atoms with van der Waals surface area (Å²) in [4.78, 5) is 16.4. The number of ether oxygens (including phenoxy) is 1. The molecule has 0 spiro atoms. The molecule has 2 aromatic heterocycles. The fourth-order valence-electron chi connectivity index (χ4n) is 2.57. The van der Waals surface area contributed by atoms with Crippen LogP contribution in [0, 0.1) is 5.82 Å². The molecule has 9 heteroatoms. The first-order valence-corrected chi connectivity index (χ1v) is 8.46. The predicted molar refractivity (Wildman–Crippen MR) is 101 cm³/mol. The molecule has 0 aliphatic heterocycles. The number of urea groups is 1. The number of fused-ring (bicyclic) bond motifs is 1. The normalized spacial score (nSPS) is 12.0. The van der Waals surface area contributed by atoms with E-state index in [0.29, 0.717) is 24.8 Å². The largest absolute Gasteiger partial charge is 0.383 e. The second kappa shape index (κ2) is 8.45. The average molecular weight is 372 g/mol. The van der Waals surface area contributed by atoms with Gasteiger partial charge in [0.15, 0.2) is 5.82 Å². The lowest BCUT2D eigenvalue weighted by molar-refractivity contribution is 0.210. The molecule has 1 aromatic carbocycles. The van der Waals surface area contributed by atoms with E-state index in [0.717, 1.165) is 16.5 Å². The zero-order valence-electron chi connectivity index (χ0n) is 15.0. The van der Waals surface area contributed by atoms with Gasteiger partial charge in [0.25, 0.3) is 0 Å². The second-order valence-electron chi connectivity index (χ2n) is 5.98. The number of nitrogens with zero attached hydrogens (tertiary/aromatic N) is 2. The maximum absolute atomic E-state index is 13.0. The Morgan fingerprint density at radius 3 is 2.85 bits per heavy atom. The van der Waals surface area contributed by atoms with Crippen molar-refractivity contribution in [3.05, 3.63) is 47.9 Å². The van der Waals surface area contributed by atoms with Crippen LogP contribution in [-0.2, 0) is 4.74 Å². The number of hydrogen-bond donors (Lipinski definition) is 4. The van der Waals surface area contributed by atoms with Crippen molar-refractivity contribution < 1.29 is 13.9 Å². The summed E-state index contributed by atoms with van der Waals surface area (Å²) in [5.74, 6) is 0.748. The average Bonchev–Trinajstić information content (AvgIpc) is 3.04. The summed E-state index contributed by atoms with van der Waals surface area (Å²) in [5.41, 5.74) is 1.54. The molecular weight excluding hydrogens is 351 g/mol. The van der Waals surface area contributed by atoms with E-state index in [1.807, 2.05) is 6.92 Å². The molecule has 0 bridgehead atoms. The Balaban J connectivity index is 1.62. The number of pyridine rings is 1. The number of amides is 2. The number of methoxy groups -OCH3 is 1. The molecule has 0 aliphatic rings. The molecule has 27 heavy (non-hydrogen) atoms. The summed E-state index contributed by atoms with van der Waals surface area (Å²) in [6.07, 6.45) is 1.63. The van der Waals surface area contributed by atoms with Gasteiger partial charge in [0.05, 0.1) is 23.6 Å². The number of anilines is 2. The fraction of sp³-hybridized carbons (Fsp3) is 0.278. The van der Waals surface area contributed by atoms with Crippen molar-refractivity contribution in [2.45, 2.75) is 13.0 Å². The second-order valence-corrected chi connectivity index (χ2v) is 5.98. The van der Waals surface area contributed by atoms with Gasteiger partial charge in [-0.2, -0.15) is 5.10 Å². The molecule has 142 valence electrons. The van der Waals surface area contributed by atoms with Gasteiger partial charge in [0, 0.05) is 25.9 Å². The van der Waals surface area contributed by atoms with Gasteiger partial charge in [-0.15, -0.1) is 0 Å². The Hall–Kier alpha value is -3.20. The smallest absolute Gasteiger partial charge is 0.320 e. The SMILES string of the molecule is COCCNc1n[nH]c2cc(NC(=O)NC(C)c3ccc(F)cc3)ncc12. The zero-order chi connectivity index (χ0) is 19.2. The van der Waals surface area contributed by atoms with E-state index in [1.54, 1.807) is 31.5 Å². The Bertz CT molecular complexity index is 912. The molecule has 1 atom stereocenters. The highest BCUT2D eigenvalue weighted by atomic mass is 19.1. The van der Waals surface area contributed by atoms with Gasteiger partial charge < -0.3 is 15.4 Å². The van der Waals surface area contributed by atoms with Crippen LogP contribution in [0.15, 0.2) is 36.5 Å². The van der Waals surface area contributed by atoms with Crippen LogP contribution in [0.25, 0.3) is 10.9 Å². The van der Waals surface area contributed by atoms with Crippen molar-refractivity contribution in [2.75, 3.05) is 30.9 Å². The molecule has 0 fully saturated rings. The minimum Gasteiger partial charge on any atom is -0.383 e. The topological polar surface area (TPSA) is 104 Å². The van der Waals surface area contributed by atoms with Gasteiger partial charge in [-0.05, 0) is 24.6 Å². The summed E-state index contributed by atoms with van der Waals surface area (Å²) >= 11 is 0. The minimum absolute atomic E-state index is 0.280. The number of aromatic amines is 1. The molecule has 2 amide bonds. The van der Waals surface area contributed by atoms with Gasteiger partial charge >= 0.3 is 6.03 Å². The molecule has 0 radical (unpaired) electrons. The standard InChI is InChI=1S/C18H21FN6O2/c1-11(12-3-5-13(19)6-4-12)22-18(26)23-16-9-15-14(10-21-16)17(25-24-15)20-7-8-27-2/h3-6,9-11H,7-8H2,1-2H3,(H2,20,24,25)(H2,21,22,23,26). The molecular formula is C18H21FN6O2. The Morgan fingerprint density at radius 2 is 2.11 bits per heavy atom. The number of halogens is 1.